The van der Waals surface area contributed by atoms with Crippen LogP contribution in [0.15, 0.2) is 30.5 Å². The average Bonchev–Trinajstić information content (AvgIpc) is 2.80. The smallest absolute Gasteiger partial charge is 0.143 e. The van der Waals surface area contributed by atoms with E-state index < -0.39 is 6.04 Å². The van der Waals surface area contributed by atoms with Crippen molar-refractivity contribution in [1.82, 2.24) is 9.78 Å². The molecule has 0 bridgehead atoms. The molecule has 4 nitrogen and oxygen atoms in total. The number of hydrogen-bond donors (Lipinski definition) is 1. The molecule has 1 atom stereocenters. The van der Waals surface area contributed by atoms with Gasteiger partial charge in [-0.1, -0.05) is 38.5 Å². The highest BCUT2D eigenvalue weighted by Gasteiger charge is 2.26. The number of rotatable bonds is 3. The summed E-state index contributed by atoms with van der Waals surface area (Å²) >= 11 is 0. The highest BCUT2D eigenvalue weighted by Crippen LogP contribution is 2.30. The highest BCUT2D eigenvalue weighted by atomic mass is 15.3. The van der Waals surface area contributed by atoms with Crippen LogP contribution in [0.1, 0.15) is 43.6 Å². The molecule has 0 aliphatic rings. The van der Waals surface area contributed by atoms with Crippen LogP contribution in [0.5, 0.6) is 0 Å². The summed E-state index contributed by atoms with van der Waals surface area (Å²) in [6.45, 7) is 8.38. The van der Waals surface area contributed by atoms with Gasteiger partial charge in [0, 0.05) is 29.9 Å². The van der Waals surface area contributed by atoms with Crippen LogP contribution in [0.4, 0.5) is 5.69 Å². The molecular formula is C17H22N4. The lowest BCUT2D eigenvalue weighted by Gasteiger charge is -2.20. The van der Waals surface area contributed by atoms with Crippen molar-refractivity contribution in [3.8, 4) is 6.07 Å². The van der Waals surface area contributed by atoms with Gasteiger partial charge in [-0.15, -0.1) is 0 Å². The van der Waals surface area contributed by atoms with Gasteiger partial charge in [0.1, 0.15) is 6.04 Å². The Bertz CT molecular complexity index is 654. The van der Waals surface area contributed by atoms with Crippen molar-refractivity contribution < 1.29 is 0 Å². The van der Waals surface area contributed by atoms with Gasteiger partial charge >= 0.3 is 0 Å². The van der Waals surface area contributed by atoms with Crippen LogP contribution >= 0.6 is 0 Å². The maximum atomic E-state index is 9.55. The van der Waals surface area contributed by atoms with E-state index in [-0.39, 0.29) is 5.41 Å². The van der Waals surface area contributed by atoms with Crippen LogP contribution in [0, 0.1) is 18.3 Å². The molecule has 0 saturated heterocycles. The van der Waals surface area contributed by atoms with Crippen LogP contribution in [-0.2, 0) is 12.5 Å². The third-order valence-corrected chi connectivity index (χ3v) is 3.37. The molecule has 110 valence electrons. The predicted octanol–water partition coefficient (Wildman–Crippen LogP) is 3.70. The van der Waals surface area contributed by atoms with Crippen molar-refractivity contribution in [1.29, 1.82) is 5.26 Å². The molecule has 0 radical (unpaired) electrons. The lowest BCUT2D eigenvalue weighted by molar-refractivity contribution is 0.547. The van der Waals surface area contributed by atoms with Crippen LogP contribution in [0.2, 0.25) is 0 Å². The molecule has 0 spiro atoms. The summed E-state index contributed by atoms with van der Waals surface area (Å²) in [6, 6.07) is 9.99. The first-order chi connectivity index (χ1) is 9.81. The molecule has 1 N–H and O–H groups in total. The highest BCUT2D eigenvalue weighted by molar-refractivity contribution is 5.49. The van der Waals surface area contributed by atoms with E-state index in [4.69, 9.17) is 0 Å². The molecule has 21 heavy (non-hydrogen) atoms. The van der Waals surface area contributed by atoms with E-state index in [1.165, 1.54) is 5.56 Å². The van der Waals surface area contributed by atoms with Crippen LogP contribution in [0.25, 0.3) is 0 Å². The molecule has 2 rings (SSSR count). The van der Waals surface area contributed by atoms with Gasteiger partial charge < -0.3 is 5.32 Å². The van der Waals surface area contributed by atoms with E-state index >= 15 is 0 Å². The molecule has 1 aromatic heterocycles. The van der Waals surface area contributed by atoms with E-state index in [1.54, 1.807) is 4.68 Å². The molecule has 0 aliphatic heterocycles. The number of nitrogens with zero attached hydrogens (tertiary/aromatic N) is 3. The molecule has 0 fully saturated rings. The van der Waals surface area contributed by atoms with Gasteiger partial charge in [-0.3, -0.25) is 4.68 Å². The lowest BCUT2D eigenvalue weighted by Crippen LogP contribution is -2.18. The molecule has 1 heterocycles. The molecule has 1 aromatic carbocycles. The SMILES string of the molecule is Cc1ccc(NC(C#N)c2cn(C)nc2C(C)(C)C)cc1. The van der Waals surface area contributed by atoms with Crippen molar-refractivity contribution in [2.45, 2.75) is 39.2 Å². The molecule has 4 heteroatoms. The lowest BCUT2D eigenvalue weighted by atomic mass is 9.87. The van der Waals surface area contributed by atoms with Crippen molar-refractivity contribution in [3.05, 3.63) is 47.3 Å². The second-order valence-electron chi connectivity index (χ2n) is 6.43. The Kier molecular flexibility index (Phi) is 4.04. The van der Waals surface area contributed by atoms with Crippen LogP contribution in [-0.4, -0.2) is 9.78 Å². The van der Waals surface area contributed by atoms with Gasteiger partial charge in [0.15, 0.2) is 0 Å². The number of nitriles is 1. The zero-order chi connectivity index (χ0) is 15.6. The number of hydrogen-bond acceptors (Lipinski definition) is 3. The predicted molar refractivity (Wildman–Crippen MR) is 85.1 cm³/mol. The first-order valence-electron chi connectivity index (χ1n) is 7.08. The normalized spacial score (nSPS) is 12.8. The third-order valence-electron chi connectivity index (χ3n) is 3.37. The maximum Gasteiger partial charge on any atom is 0.143 e. The minimum absolute atomic E-state index is 0.0966. The topological polar surface area (TPSA) is 53.6 Å². The van der Waals surface area contributed by atoms with E-state index in [9.17, 15) is 5.26 Å². The summed E-state index contributed by atoms with van der Waals surface area (Å²) in [7, 11) is 1.89. The first-order valence-corrected chi connectivity index (χ1v) is 7.08. The summed E-state index contributed by atoms with van der Waals surface area (Å²) in [5.74, 6) is 0. The summed E-state index contributed by atoms with van der Waals surface area (Å²) in [5, 5.41) is 17.4. The van der Waals surface area contributed by atoms with Gasteiger partial charge in [-0.05, 0) is 19.1 Å². The van der Waals surface area contributed by atoms with Gasteiger partial charge in [-0.25, -0.2) is 0 Å². The van der Waals surface area contributed by atoms with Gasteiger partial charge in [-0.2, -0.15) is 10.4 Å². The third kappa shape index (κ3) is 3.43. The fraction of sp³-hybridized carbons (Fsp3) is 0.412. The van der Waals surface area contributed by atoms with Crippen molar-refractivity contribution in [3.63, 3.8) is 0 Å². The van der Waals surface area contributed by atoms with Crippen molar-refractivity contribution in [2.75, 3.05) is 5.32 Å². The fourth-order valence-corrected chi connectivity index (χ4v) is 2.30. The number of anilines is 1. The largest absolute Gasteiger partial charge is 0.366 e. The Balaban J connectivity index is 2.34. The molecule has 0 aliphatic carbocycles. The van der Waals surface area contributed by atoms with Crippen molar-refractivity contribution in [2.24, 2.45) is 7.05 Å². The number of benzene rings is 1. The Morgan fingerprint density at radius 2 is 1.86 bits per heavy atom. The number of aromatic nitrogens is 2. The Hall–Kier alpha value is -2.28. The Morgan fingerprint density at radius 1 is 1.24 bits per heavy atom. The standard InChI is InChI=1S/C17H22N4/c1-12-6-8-13(9-7-12)19-15(10-18)14-11-21(5)20-16(14)17(2,3)4/h6-9,11,15,19H,1-5H3. The van der Waals surface area contributed by atoms with E-state index in [0.717, 1.165) is 16.9 Å². The molecule has 2 aromatic rings. The molecular weight excluding hydrogens is 260 g/mol. The molecule has 0 saturated carbocycles. The fourth-order valence-electron chi connectivity index (χ4n) is 2.30. The quantitative estimate of drug-likeness (QED) is 0.933. The van der Waals surface area contributed by atoms with Gasteiger partial charge in [0.05, 0.1) is 11.8 Å². The summed E-state index contributed by atoms with van der Waals surface area (Å²) in [4.78, 5) is 0. The Morgan fingerprint density at radius 3 is 2.38 bits per heavy atom. The average molecular weight is 282 g/mol. The van der Waals surface area contributed by atoms with E-state index in [0.29, 0.717) is 0 Å². The van der Waals surface area contributed by atoms with Gasteiger partial charge in [0.2, 0.25) is 0 Å². The van der Waals surface area contributed by atoms with Gasteiger partial charge in [0.25, 0.3) is 0 Å². The van der Waals surface area contributed by atoms with E-state index in [1.807, 2.05) is 44.4 Å². The second-order valence-corrected chi connectivity index (χ2v) is 6.43. The molecule has 0 amide bonds. The first kappa shape index (κ1) is 15.1. The maximum absolute atomic E-state index is 9.55. The summed E-state index contributed by atoms with van der Waals surface area (Å²) < 4.78 is 1.77. The van der Waals surface area contributed by atoms with E-state index in [2.05, 4.69) is 37.3 Å². The van der Waals surface area contributed by atoms with Crippen molar-refractivity contribution >= 4 is 5.69 Å². The summed E-state index contributed by atoms with van der Waals surface area (Å²) in [6.07, 6.45) is 1.93. The molecule has 1 unspecified atom stereocenters. The van der Waals surface area contributed by atoms with Crippen LogP contribution in [0.3, 0.4) is 0 Å². The zero-order valence-corrected chi connectivity index (χ0v) is 13.3. The summed E-state index contributed by atoms with van der Waals surface area (Å²) in [5.41, 5.74) is 3.94. The zero-order valence-electron chi connectivity index (χ0n) is 13.3. The van der Waals surface area contributed by atoms with Crippen LogP contribution < -0.4 is 5.32 Å². The Labute approximate surface area is 126 Å². The number of nitrogens with one attached hydrogen (secondary N) is 1. The number of aryl methyl sites for hydroxylation is 2. The monoisotopic (exact) mass is 282 g/mol. The minimum atomic E-state index is -0.407. The minimum Gasteiger partial charge on any atom is -0.366 e. The second kappa shape index (κ2) is 5.61.